The largest absolute Gasteiger partial charge is 0.493 e. The molecular formula is C14H19NO4. The molecule has 0 aromatic heterocycles. The summed E-state index contributed by atoms with van der Waals surface area (Å²) in [7, 11) is 1.49. The third-order valence-corrected chi connectivity index (χ3v) is 2.59. The number of amides is 1. The Morgan fingerprint density at radius 3 is 2.53 bits per heavy atom. The number of rotatable bonds is 6. The Labute approximate surface area is 112 Å². The average Bonchev–Trinajstić information content (AvgIpc) is 2.39. The first-order valence-corrected chi connectivity index (χ1v) is 6.13. The van der Waals surface area contributed by atoms with Crippen molar-refractivity contribution in [3.8, 4) is 11.5 Å². The molecule has 19 heavy (non-hydrogen) atoms. The van der Waals surface area contributed by atoms with Crippen molar-refractivity contribution in [3.63, 3.8) is 0 Å². The van der Waals surface area contributed by atoms with Crippen LogP contribution in [0.5, 0.6) is 11.5 Å². The van der Waals surface area contributed by atoms with Gasteiger partial charge in [0.1, 0.15) is 0 Å². The van der Waals surface area contributed by atoms with Gasteiger partial charge in [-0.1, -0.05) is 0 Å². The molecular weight excluding hydrogens is 246 g/mol. The number of likely N-dealkylation sites (N-methyl/N-ethyl adjacent to an activating group) is 1. The van der Waals surface area contributed by atoms with Crippen molar-refractivity contribution in [1.82, 2.24) is 5.32 Å². The first kappa shape index (κ1) is 15.0. The van der Waals surface area contributed by atoms with Crippen LogP contribution in [0.15, 0.2) is 18.2 Å². The minimum Gasteiger partial charge on any atom is -0.493 e. The summed E-state index contributed by atoms with van der Waals surface area (Å²) in [5.74, 6) is 0.622. The number of Topliss-reactive ketones (excluding diaryl/α,β-unsaturated/α-hetero) is 1. The Hall–Kier alpha value is -2.04. The van der Waals surface area contributed by atoms with Gasteiger partial charge in [0.25, 0.3) is 5.91 Å². The van der Waals surface area contributed by atoms with Crippen LogP contribution in [0.4, 0.5) is 0 Å². The predicted octanol–water partition coefficient (Wildman–Crippen LogP) is 1.80. The van der Waals surface area contributed by atoms with E-state index < -0.39 is 6.10 Å². The van der Waals surface area contributed by atoms with Gasteiger partial charge in [-0.25, -0.2) is 0 Å². The number of benzene rings is 1. The summed E-state index contributed by atoms with van der Waals surface area (Å²) in [4.78, 5) is 22.9. The summed E-state index contributed by atoms with van der Waals surface area (Å²) in [6.07, 6.45) is -0.628. The molecule has 0 aliphatic heterocycles. The molecule has 0 bridgehead atoms. The summed E-state index contributed by atoms with van der Waals surface area (Å²) >= 11 is 0. The minimum absolute atomic E-state index is 0.0541. The fourth-order valence-electron chi connectivity index (χ4n) is 1.55. The van der Waals surface area contributed by atoms with E-state index in [1.165, 1.54) is 14.0 Å². The number of ketones is 1. The van der Waals surface area contributed by atoms with Gasteiger partial charge >= 0.3 is 0 Å². The summed E-state index contributed by atoms with van der Waals surface area (Å²) in [5, 5.41) is 2.67. The molecule has 1 atom stereocenters. The maximum Gasteiger partial charge on any atom is 0.260 e. The zero-order valence-corrected chi connectivity index (χ0v) is 11.6. The zero-order valence-electron chi connectivity index (χ0n) is 11.6. The molecule has 1 aromatic carbocycles. The van der Waals surface area contributed by atoms with Crippen molar-refractivity contribution < 1.29 is 19.1 Å². The highest BCUT2D eigenvalue weighted by Gasteiger charge is 2.16. The van der Waals surface area contributed by atoms with E-state index in [0.29, 0.717) is 23.6 Å². The topological polar surface area (TPSA) is 64.6 Å². The number of ether oxygens (including phenoxy) is 2. The highest BCUT2D eigenvalue weighted by atomic mass is 16.5. The van der Waals surface area contributed by atoms with Crippen molar-refractivity contribution in [2.24, 2.45) is 0 Å². The first-order valence-electron chi connectivity index (χ1n) is 6.13. The van der Waals surface area contributed by atoms with Crippen LogP contribution in [0.1, 0.15) is 31.1 Å². The lowest BCUT2D eigenvalue weighted by molar-refractivity contribution is -0.127. The number of methoxy groups -OCH3 is 1. The Balaban J connectivity index is 2.89. The van der Waals surface area contributed by atoms with Crippen LogP contribution >= 0.6 is 0 Å². The van der Waals surface area contributed by atoms with Gasteiger partial charge < -0.3 is 14.8 Å². The number of hydrogen-bond donors (Lipinski definition) is 1. The lowest BCUT2D eigenvalue weighted by Crippen LogP contribution is -2.36. The molecule has 5 heteroatoms. The van der Waals surface area contributed by atoms with Gasteiger partial charge in [-0.2, -0.15) is 0 Å². The SMILES string of the molecule is CCNC(=O)C(C)Oc1ccc(C(C)=O)cc1OC. The van der Waals surface area contributed by atoms with Gasteiger partial charge in [-0.15, -0.1) is 0 Å². The molecule has 0 saturated heterocycles. The van der Waals surface area contributed by atoms with Crippen molar-refractivity contribution in [2.45, 2.75) is 26.9 Å². The quantitative estimate of drug-likeness (QED) is 0.797. The Morgan fingerprint density at radius 1 is 1.32 bits per heavy atom. The van der Waals surface area contributed by atoms with E-state index in [4.69, 9.17) is 9.47 Å². The lowest BCUT2D eigenvalue weighted by Gasteiger charge is -2.16. The second-order valence-electron chi connectivity index (χ2n) is 4.08. The molecule has 0 heterocycles. The molecule has 0 radical (unpaired) electrons. The van der Waals surface area contributed by atoms with Crippen molar-refractivity contribution in [1.29, 1.82) is 0 Å². The Morgan fingerprint density at radius 2 is 2.00 bits per heavy atom. The highest BCUT2D eigenvalue weighted by molar-refractivity contribution is 5.94. The smallest absolute Gasteiger partial charge is 0.260 e. The van der Waals surface area contributed by atoms with Gasteiger partial charge in [0.15, 0.2) is 23.4 Å². The van der Waals surface area contributed by atoms with E-state index in [1.54, 1.807) is 25.1 Å². The second kappa shape index (κ2) is 6.78. The molecule has 1 aromatic rings. The predicted molar refractivity (Wildman–Crippen MR) is 71.8 cm³/mol. The van der Waals surface area contributed by atoms with Crippen molar-refractivity contribution >= 4 is 11.7 Å². The maximum absolute atomic E-state index is 11.6. The van der Waals surface area contributed by atoms with Gasteiger partial charge in [0, 0.05) is 12.1 Å². The zero-order chi connectivity index (χ0) is 14.4. The summed E-state index contributed by atoms with van der Waals surface area (Å²) in [5.41, 5.74) is 0.537. The fourth-order valence-corrected chi connectivity index (χ4v) is 1.55. The van der Waals surface area contributed by atoms with Crippen LogP contribution in [-0.2, 0) is 4.79 Å². The van der Waals surface area contributed by atoms with Gasteiger partial charge in [0.2, 0.25) is 0 Å². The molecule has 0 fully saturated rings. The van der Waals surface area contributed by atoms with Gasteiger partial charge in [-0.3, -0.25) is 9.59 Å². The van der Waals surface area contributed by atoms with Gasteiger partial charge in [-0.05, 0) is 39.0 Å². The molecule has 104 valence electrons. The number of carbonyl (C=O) groups is 2. The standard InChI is InChI=1S/C14H19NO4/c1-5-15-14(17)10(3)19-12-7-6-11(9(2)16)8-13(12)18-4/h6-8,10H,5H2,1-4H3,(H,15,17). The first-order chi connectivity index (χ1) is 8.99. The molecule has 1 amide bonds. The third-order valence-electron chi connectivity index (χ3n) is 2.59. The summed E-state index contributed by atoms with van der Waals surface area (Å²) in [6, 6.07) is 4.87. The number of hydrogen-bond acceptors (Lipinski definition) is 4. The molecule has 0 saturated carbocycles. The third kappa shape index (κ3) is 3.98. The maximum atomic E-state index is 11.6. The minimum atomic E-state index is -0.628. The molecule has 1 rings (SSSR count). The van der Waals surface area contributed by atoms with Crippen LogP contribution < -0.4 is 14.8 Å². The molecule has 1 unspecified atom stereocenters. The Kier molecular flexibility index (Phi) is 5.36. The number of carbonyl (C=O) groups excluding carboxylic acids is 2. The fraction of sp³-hybridized carbons (Fsp3) is 0.429. The van der Waals surface area contributed by atoms with Crippen LogP contribution in [0.25, 0.3) is 0 Å². The monoisotopic (exact) mass is 265 g/mol. The van der Waals surface area contributed by atoms with Crippen LogP contribution in [-0.4, -0.2) is 31.4 Å². The summed E-state index contributed by atoms with van der Waals surface area (Å²) < 4.78 is 10.7. The number of nitrogens with one attached hydrogen (secondary N) is 1. The molecule has 1 N–H and O–H groups in total. The normalized spacial score (nSPS) is 11.6. The van der Waals surface area contributed by atoms with Crippen LogP contribution in [0.2, 0.25) is 0 Å². The molecule has 5 nitrogen and oxygen atoms in total. The lowest BCUT2D eigenvalue weighted by atomic mass is 10.1. The van der Waals surface area contributed by atoms with Gasteiger partial charge in [0.05, 0.1) is 7.11 Å². The van der Waals surface area contributed by atoms with E-state index in [-0.39, 0.29) is 11.7 Å². The van der Waals surface area contributed by atoms with Crippen LogP contribution in [0, 0.1) is 0 Å². The van der Waals surface area contributed by atoms with E-state index in [1.807, 2.05) is 6.92 Å². The molecule has 0 aliphatic rings. The second-order valence-corrected chi connectivity index (χ2v) is 4.08. The van der Waals surface area contributed by atoms with E-state index >= 15 is 0 Å². The molecule has 0 spiro atoms. The highest BCUT2D eigenvalue weighted by Crippen LogP contribution is 2.29. The van der Waals surface area contributed by atoms with E-state index in [0.717, 1.165) is 0 Å². The summed E-state index contributed by atoms with van der Waals surface area (Å²) in [6.45, 7) is 5.52. The van der Waals surface area contributed by atoms with E-state index in [2.05, 4.69) is 5.32 Å². The molecule has 0 aliphatic carbocycles. The van der Waals surface area contributed by atoms with E-state index in [9.17, 15) is 9.59 Å². The van der Waals surface area contributed by atoms with Crippen LogP contribution in [0.3, 0.4) is 0 Å². The average molecular weight is 265 g/mol. The van der Waals surface area contributed by atoms with Crippen molar-refractivity contribution in [2.75, 3.05) is 13.7 Å². The van der Waals surface area contributed by atoms with Crippen molar-refractivity contribution in [3.05, 3.63) is 23.8 Å². The Bertz CT molecular complexity index is 471.